The van der Waals surface area contributed by atoms with Gasteiger partial charge in [0.1, 0.15) is 5.82 Å². The number of nitrogens with one attached hydrogen (secondary N) is 2. The zero-order chi connectivity index (χ0) is 11.7. The third-order valence-corrected chi connectivity index (χ3v) is 3.27. The first-order chi connectivity index (χ1) is 8.31. The molecular formula is C13H18N4. The Morgan fingerprint density at radius 2 is 2.12 bits per heavy atom. The maximum Gasteiger partial charge on any atom is 0.121 e. The highest BCUT2D eigenvalue weighted by Gasteiger charge is 2.12. The fourth-order valence-corrected chi connectivity index (χ4v) is 2.33. The average molecular weight is 230 g/mol. The molecule has 0 bridgehead atoms. The number of aromatic amines is 1. The summed E-state index contributed by atoms with van der Waals surface area (Å²) >= 11 is 0. The van der Waals surface area contributed by atoms with Gasteiger partial charge in [-0.25, -0.2) is 4.98 Å². The lowest BCUT2D eigenvalue weighted by molar-refractivity contribution is 0.229. The second kappa shape index (κ2) is 4.47. The van der Waals surface area contributed by atoms with Crippen LogP contribution in [0.25, 0.3) is 11.0 Å². The van der Waals surface area contributed by atoms with E-state index >= 15 is 0 Å². The Balaban J connectivity index is 1.80. The fraction of sp³-hybridized carbons (Fsp3) is 0.462. The van der Waals surface area contributed by atoms with Crippen LogP contribution in [0.5, 0.6) is 0 Å². The molecule has 2 heterocycles. The average Bonchev–Trinajstić information content (AvgIpc) is 2.71. The van der Waals surface area contributed by atoms with Crippen molar-refractivity contribution in [3.8, 4) is 0 Å². The summed E-state index contributed by atoms with van der Waals surface area (Å²) in [7, 11) is 0. The van der Waals surface area contributed by atoms with E-state index < -0.39 is 0 Å². The molecule has 1 aliphatic rings. The van der Waals surface area contributed by atoms with E-state index in [0.29, 0.717) is 0 Å². The van der Waals surface area contributed by atoms with Crippen LogP contribution in [0.1, 0.15) is 11.4 Å². The third kappa shape index (κ3) is 2.33. The van der Waals surface area contributed by atoms with Crippen LogP contribution in [0.2, 0.25) is 0 Å². The molecule has 1 aliphatic heterocycles. The Labute approximate surface area is 101 Å². The topological polar surface area (TPSA) is 44.0 Å². The standard InChI is InChI=1S/C13H18N4/c1-10-2-3-11-12(8-10)16-13(15-11)9-17-6-4-14-5-7-17/h2-3,8,14H,4-7,9H2,1H3,(H,15,16). The van der Waals surface area contributed by atoms with E-state index in [2.05, 4.69) is 45.3 Å². The van der Waals surface area contributed by atoms with E-state index in [1.54, 1.807) is 0 Å². The molecule has 1 aromatic carbocycles. The van der Waals surface area contributed by atoms with Gasteiger partial charge in [-0.05, 0) is 24.6 Å². The number of rotatable bonds is 2. The minimum absolute atomic E-state index is 0.926. The van der Waals surface area contributed by atoms with Crippen molar-refractivity contribution in [2.75, 3.05) is 26.2 Å². The molecule has 2 aromatic rings. The molecule has 0 unspecified atom stereocenters. The summed E-state index contributed by atoms with van der Waals surface area (Å²) in [5.74, 6) is 1.08. The summed E-state index contributed by atoms with van der Waals surface area (Å²) in [6, 6.07) is 6.35. The minimum atomic E-state index is 0.926. The van der Waals surface area contributed by atoms with Crippen molar-refractivity contribution in [3.05, 3.63) is 29.6 Å². The molecule has 0 radical (unpaired) electrons. The smallest absolute Gasteiger partial charge is 0.121 e. The molecule has 90 valence electrons. The zero-order valence-corrected chi connectivity index (χ0v) is 10.2. The molecule has 1 aromatic heterocycles. The van der Waals surface area contributed by atoms with Crippen LogP contribution < -0.4 is 5.32 Å². The number of piperazine rings is 1. The van der Waals surface area contributed by atoms with Crippen molar-refractivity contribution in [1.29, 1.82) is 0 Å². The highest BCUT2D eigenvalue weighted by Crippen LogP contribution is 2.14. The Kier molecular flexibility index (Phi) is 2.82. The lowest BCUT2D eigenvalue weighted by atomic mass is 10.2. The number of fused-ring (bicyclic) bond motifs is 1. The molecule has 0 aliphatic carbocycles. The number of benzene rings is 1. The number of H-pyrrole nitrogens is 1. The lowest BCUT2D eigenvalue weighted by Gasteiger charge is -2.26. The van der Waals surface area contributed by atoms with Crippen LogP contribution in [-0.2, 0) is 6.54 Å². The Morgan fingerprint density at radius 3 is 2.94 bits per heavy atom. The van der Waals surface area contributed by atoms with Crippen LogP contribution >= 0.6 is 0 Å². The second-order valence-corrected chi connectivity index (χ2v) is 4.73. The summed E-state index contributed by atoms with van der Waals surface area (Å²) in [5.41, 5.74) is 3.49. The zero-order valence-electron chi connectivity index (χ0n) is 10.2. The predicted octanol–water partition coefficient (Wildman–Crippen LogP) is 1.28. The second-order valence-electron chi connectivity index (χ2n) is 4.73. The van der Waals surface area contributed by atoms with Crippen molar-refractivity contribution in [3.63, 3.8) is 0 Å². The van der Waals surface area contributed by atoms with Gasteiger partial charge in [-0.1, -0.05) is 6.07 Å². The van der Waals surface area contributed by atoms with E-state index in [9.17, 15) is 0 Å². The SMILES string of the molecule is Cc1ccc2nc(CN3CCNCC3)[nH]c2c1. The molecule has 0 saturated carbocycles. The van der Waals surface area contributed by atoms with Crippen molar-refractivity contribution >= 4 is 11.0 Å². The van der Waals surface area contributed by atoms with Crippen LogP contribution in [0.4, 0.5) is 0 Å². The summed E-state index contributed by atoms with van der Waals surface area (Å²) in [6.07, 6.45) is 0. The van der Waals surface area contributed by atoms with Gasteiger partial charge in [0.2, 0.25) is 0 Å². The molecular weight excluding hydrogens is 212 g/mol. The highest BCUT2D eigenvalue weighted by atomic mass is 15.2. The van der Waals surface area contributed by atoms with E-state index in [4.69, 9.17) is 0 Å². The van der Waals surface area contributed by atoms with Gasteiger partial charge in [0.15, 0.2) is 0 Å². The molecule has 1 fully saturated rings. The van der Waals surface area contributed by atoms with Crippen LogP contribution in [0.3, 0.4) is 0 Å². The summed E-state index contributed by atoms with van der Waals surface area (Å²) in [4.78, 5) is 10.5. The van der Waals surface area contributed by atoms with Crippen molar-refractivity contribution in [2.45, 2.75) is 13.5 Å². The quantitative estimate of drug-likeness (QED) is 0.816. The van der Waals surface area contributed by atoms with Gasteiger partial charge in [-0.15, -0.1) is 0 Å². The monoisotopic (exact) mass is 230 g/mol. The van der Waals surface area contributed by atoms with Gasteiger partial charge in [-0.2, -0.15) is 0 Å². The highest BCUT2D eigenvalue weighted by molar-refractivity contribution is 5.75. The first-order valence-electron chi connectivity index (χ1n) is 6.19. The fourth-order valence-electron chi connectivity index (χ4n) is 2.33. The molecule has 0 spiro atoms. The first kappa shape index (κ1) is 10.7. The third-order valence-electron chi connectivity index (χ3n) is 3.27. The molecule has 2 N–H and O–H groups in total. The number of hydrogen-bond donors (Lipinski definition) is 2. The predicted molar refractivity (Wildman–Crippen MR) is 69.0 cm³/mol. The van der Waals surface area contributed by atoms with Gasteiger partial charge in [0, 0.05) is 26.2 Å². The molecule has 4 heteroatoms. The van der Waals surface area contributed by atoms with Crippen LogP contribution in [0, 0.1) is 6.92 Å². The maximum atomic E-state index is 4.63. The molecule has 4 nitrogen and oxygen atoms in total. The first-order valence-corrected chi connectivity index (χ1v) is 6.19. The van der Waals surface area contributed by atoms with Crippen molar-refractivity contribution < 1.29 is 0 Å². The summed E-state index contributed by atoms with van der Waals surface area (Å²) in [6.45, 7) is 7.41. The van der Waals surface area contributed by atoms with Gasteiger partial charge < -0.3 is 10.3 Å². The normalized spacial score (nSPS) is 17.7. The van der Waals surface area contributed by atoms with Gasteiger partial charge in [0.25, 0.3) is 0 Å². The molecule has 0 amide bonds. The number of aromatic nitrogens is 2. The van der Waals surface area contributed by atoms with E-state index in [1.165, 1.54) is 5.56 Å². The number of imidazole rings is 1. The van der Waals surface area contributed by atoms with Gasteiger partial charge in [0.05, 0.1) is 17.6 Å². The number of nitrogens with zero attached hydrogens (tertiary/aromatic N) is 2. The molecule has 17 heavy (non-hydrogen) atoms. The molecule has 0 atom stereocenters. The van der Waals surface area contributed by atoms with Gasteiger partial charge in [-0.3, -0.25) is 4.90 Å². The van der Waals surface area contributed by atoms with Crippen LogP contribution in [-0.4, -0.2) is 41.0 Å². The van der Waals surface area contributed by atoms with Crippen molar-refractivity contribution in [2.24, 2.45) is 0 Å². The number of aryl methyl sites for hydroxylation is 1. The van der Waals surface area contributed by atoms with E-state index in [-0.39, 0.29) is 0 Å². The van der Waals surface area contributed by atoms with Crippen molar-refractivity contribution in [1.82, 2.24) is 20.2 Å². The van der Waals surface area contributed by atoms with E-state index in [1.807, 2.05) is 0 Å². The number of hydrogen-bond acceptors (Lipinski definition) is 3. The summed E-state index contributed by atoms with van der Waals surface area (Å²) < 4.78 is 0. The Hall–Kier alpha value is -1.39. The Morgan fingerprint density at radius 1 is 1.29 bits per heavy atom. The molecule has 1 saturated heterocycles. The largest absolute Gasteiger partial charge is 0.341 e. The van der Waals surface area contributed by atoms with E-state index in [0.717, 1.165) is 49.6 Å². The maximum absolute atomic E-state index is 4.63. The van der Waals surface area contributed by atoms with Crippen LogP contribution in [0.15, 0.2) is 18.2 Å². The van der Waals surface area contributed by atoms with Gasteiger partial charge >= 0.3 is 0 Å². The minimum Gasteiger partial charge on any atom is -0.341 e. The lowest BCUT2D eigenvalue weighted by Crippen LogP contribution is -2.43. The Bertz CT molecular complexity index is 511. The summed E-state index contributed by atoms with van der Waals surface area (Å²) in [5, 5.41) is 3.36. The molecule has 3 rings (SSSR count).